The van der Waals surface area contributed by atoms with Crippen molar-refractivity contribution in [3.8, 4) is 0 Å². The second kappa shape index (κ2) is 6.20. The number of anilines is 2. The lowest BCUT2D eigenvalue weighted by molar-refractivity contribution is 1.12. The summed E-state index contributed by atoms with van der Waals surface area (Å²) in [6.45, 7) is 0. The maximum Gasteiger partial charge on any atom is 0.202 e. The summed E-state index contributed by atoms with van der Waals surface area (Å²) in [6, 6.07) is 20.7. The SMILES string of the molecule is CN(C(=N)N(C)c1ccc2c3c(cccc13)C=C2)c1ccc2ncccc2c1. The summed E-state index contributed by atoms with van der Waals surface area (Å²) < 4.78 is 0. The Labute approximate surface area is 163 Å². The van der Waals surface area contributed by atoms with E-state index in [-0.39, 0.29) is 0 Å². The maximum atomic E-state index is 8.80. The van der Waals surface area contributed by atoms with E-state index in [9.17, 15) is 0 Å². The average Bonchev–Trinajstić information content (AvgIpc) is 3.17. The minimum atomic E-state index is 0.412. The zero-order valence-corrected chi connectivity index (χ0v) is 15.8. The van der Waals surface area contributed by atoms with Crippen LogP contribution in [0.15, 0.2) is 66.9 Å². The Morgan fingerprint density at radius 3 is 2.54 bits per heavy atom. The van der Waals surface area contributed by atoms with Crippen LogP contribution in [0.1, 0.15) is 11.1 Å². The first-order valence-electron chi connectivity index (χ1n) is 9.28. The van der Waals surface area contributed by atoms with Crippen LogP contribution >= 0.6 is 0 Å². The molecule has 0 fully saturated rings. The molecule has 28 heavy (non-hydrogen) atoms. The average molecular weight is 364 g/mol. The van der Waals surface area contributed by atoms with Gasteiger partial charge in [-0.3, -0.25) is 10.4 Å². The van der Waals surface area contributed by atoms with E-state index in [1.807, 2.05) is 48.2 Å². The highest BCUT2D eigenvalue weighted by molar-refractivity contribution is 6.14. The van der Waals surface area contributed by atoms with E-state index in [1.165, 1.54) is 21.9 Å². The van der Waals surface area contributed by atoms with Gasteiger partial charge in [0, 0.05) is 36.8 Å². The number of fused-ring (bicyclic) bond motifs is 1. The van der Waals surface area contributed by atoms with E-state index < -0.39 is 0 Å². The summed E-state index contributed by atoms with van der Waals surface area (Å²) >= 11 is 0. The second-order valence-corrected chi connectivity index (χ2v) is 7.10. The molecular weight excluding hydrogens is 344 g/mol. The van der Waals surface area contributed by atoms with Crippen LogP contribution < -0.4 is 9.80 Å². The van der Waals surface area contributed by atoms with Crippen LogP contribution in [0.2, 0.25) is 0 Å². The van der Waals surface area contributed by atoms with Gasteiger partial charge >= 0.3 is 0 Å². The fraction of sp³-hybridized carbons (Fsp3) is 0.0833. The molecule has 0 bridgehead atoms. The van der Waals surface area contributed by atoms with E-state index in [0.717, 1.165) is 22.3 Å². The molecule has 5 rings (SSSR count). The Bertz CT molecular complexity index is 1260. The van der Waals surface area contributed by atoms with Gasteiger partial charge in [-0.15, -0.1) is 0 Å². The summed E-state index contributed by atoms with van der Waals surface area (Å²) in [4.78, 5) is 8.21. The summed E-state index contributed by atoms with van der Waals surface area (Å²) in [7, 11) is 3.88. The Kier molecular flexibility index (Phi) is 3.66. The van der Waals surface area contributed by atoms with E-state index in [4.69, 9.17) is 5.41 Å². The molecule has 1 aliphatic carbocycles. The summed E-state index contributed by atoms with van der Waals surface area (Å²) in [6.07, 6.45) is 6.11. The quantitative estimate of drug-likeness (QED) is 0.338. The normalized spacial score (nSPS) is 11.9. The Morgan fingerprint density at radius 1 is 0.857 bits per heavy atom. The van der Waals surface area contributed by atoms with Crippen LogP contribution in [-0.2, 0) is 0 Å². The molecule has 1 aliphatic rings. The van der Waals surface area contributed by atoms with Gasteiger partial charge in [0.25, 0.3) is 0 Å². The third-order valence-corrected chi connectivity index (χ3v) is 5.50. The van der Waals surface area contributed by atoms with Gasteiger partial charge in [0.2, 0.25) is 5.96 Å². The van der Waals surface area contributed by atoms with Crippen molar-refractivity contribution < 1.29 is 0 Å². The minimum Gasteiger partial charge on any atom is -0.316 e. The number of guanidine groups is 1. The molecule has 4 aromatic rings. The first kappa shape index (κ1) is 16.5. The van der Waals surface area contributed by atoms with Gasteiger partial charge in [0.1, 0.15) is 0 Å². The fourth-order valence-electron chi connectivity index (χ4n) is 3.93. The van der Waals surface area contributed by atoms with Gasteiger partial charge in [-0.25, -0.2) is 0 Å². The lowest BCUT2D eigenvalue weighted by Gasteiger charge is -2.29. The summed E-state index contributed by atoms with van der Waals surface area (Å²) in [5.74, 6) is 0.412. The minimum absolute atomic E-state index is 0.412. The molecule has 1 aromatic heterocycles. The van der Waals surface area contributed by atoms with Gasteiger partial charge in [0.05, 0.1) is 11.2 Å². The zero-order chi connectivity index (χ0) is 19.3. The van der Waals surface area contributed by atoms with Crippen LogP contribution in [0, 0.1) is 5.41 Å². The molecule has 1 heterocycles. The van der Waals surface area contributed by atoms with E-state index in [0.29, 0.717) is 5.96 Å². The molecule has 0 saturated carbocycles. The van der Waals surface area contributed by atoms with Gasteiger partial charge in [-0.05, 0) is 46.8 Å². The molecular formula is C24H20N4. The molecule has 3 aromatic carbocycles. The van der Waals surface area contributed by atoms with Crippen molar-refractivity contribution in [3.63, 3.8) is 0 Å². The van der Waals surface area contributed by atoms with Crippen LogP contribution in [-0.4, -0.2) is 25.0 Å². The predicted octanol–water partition coefficient (Wildman–Crippen LogP) is 5.38. The van der Waals surface area contributed by atoms with Gasteiger partial charge in [0.15, 0.2) is 0 Å². The van der Waals surface area contributed by atoms with Crippen molar-refractivity contribution in [3.05, 3.63) is 78.0 Å². The van der Waals surface area contributed by atoms with Gasteiger partial charge in [-0.1, -0.05) is 42.5 Å². The van der Waals surface area contributed by atoms with Crippen molar-refractivity contribution in [1.29, 1.82) is 5.41 Å². The Morgan fingerprint density at radius 2 is 1.68 bits per heavy atom. The first-order chi connectivity index (χ1) is 13.6. The van der Waals surface area contributed by atoms with Crippen molar-refractivity contribution in [2.75, 3.05) is 23.9 Å². The number of rotatable bonds is 2. The lowest BCUT2D eigenvalue weighted by Crippen LogP contribution is -2.39. The zero-order valence-electron chi connectivity index (χ0n) is 15.8. The van der Waals surface area contributed by atoms with Crippen LogP contribution in [0.5, 0.6) is 0 Å². The van der Waals surface area contributed by atoms with Crippen LogP contribution in [0.25, 0.3) is 33.8 Å². The Hall–Kier alpha value is -3.66. The molecule has 0 radical (unpaired) electrons. The third kappa shape index (κ3) is 2.46. The van der Waals surface area contributed by atoms with E-state index in [1.54, 1.807) is 6.20 Å². The smallest absolute Gasteiger partial charge is 0.202 e. The van der Waals surface area contributed by atoms with Gasteiger partial charge in [-0.2, -0.15) is 0 Å². The lowest BCUT2D eigenvalue weighted by atomic mass is 10.0. The molecule has 0 aliphatic heterocycles. The number of hydrogen-bond acceptors (Lipinski definition) is 2. The fourth-order valence-corrected chi connectivity index (χ4v) is 3.93. The molecule has 0 atom stereocenters. The molecule has 1 N–H and O–H groups in total. The maximum absolute atomic E-state index is 8.80. The molecule has 0 unspecified atom stereocenters. The van der Waals surface area contributed by atoms with E-state index >= 15 is 0 Å². The van der Waals surface area contributed by atoms with Crippen molar-refractivity contribution in [1.82, 2.24) is 4.98 Å². The highest BCUT2D eigenvalue weighted by atomic mass is 15.3. The predicted molar refractivity (Wildman–Crippen MR) is 119 cm³/mol. The molecule has 4 heteroatoms. The summed E-state index contributed by atoms with van der Waals surface area (Å²) in [5.41, 5.74) is 5.43. The molecule has 0 amide bonds. The molecule has 136 valence electrons. The third-order valence-electron chi connectivity index (χ3n) is 5.50. The van der Waals surface area contributed by atoms with Crippen molar-refractivity contribution in [2.45, 2.75) is 0 Å². The number of hydrogen-bond donors (Lipinski definition) is 1. The number of nitrogens with one attached hydrogen (secondary N) is 1. The molecule has 4 nitrogen and oxygen atoms in total. The highest BCUT2D eigenvalue weighted by Gasteiger charge is 2.18. The van der Waals surface area contributed by atoms with Crippen LogP contribution in [0.3, 0.4) is 0 Å². The first-order valence-corrected chi connectivity index (χ1v) is 9.28. The van der Waals surface area contributed by atoms with Crippen LogP contribution in [0.4, 0.5) is 11.4 Å². The Balaban J connectivity index is 1.52. The number of nitrogens with zero attached hydrogens (tertiary/aromatic N) is 3. The number of benzene rings is 3. The van der Waals surface area contributed by atoms with E-state index in [2.05, 4.69) is 53.5 Å². The number of pyridine rings is 1. The molecule has 0 saturated heterocycles. The highest BCUT2D eigenvalue weighted by Crippen LogP contribution is 2.36. The monoisotopic (exact) mass is 364 g/mol. The van der Waals surface area contributed by atoms with Gasteiger partial charge < -0.3 is 9.80 Å². The standard InChI is InChI=1S/C24H20N4/c1-27(19-11-12-21-18(15-19)6-4-14-26-21)24(25)28(2)22-13-10-17-9-8-16-5-3-7-20(22)23(16)17/h3-15,25H,1-2H3. The molecule has 0 spiro atoms. The summed E-state index contributed by atoms with van der Waals surface area (Å²) in [5, 5.41) is 12.3. The second-order valence-electron chi connectivity index (χ2n) is 7.10. The van der Waals surface area contributed by atoms with Crippen molar-refractivity contribution in [2.24, 2.45) is 0 Å². The number of aromatic nitrogens is 1. The topological polar surface area (TPSA) is 43.2 Å². The van der Waals surface area contributed by atoms with Crippen molar-refractivity contribution >= 4 is 51.2 Å². The largest absolute Gasteiger partial charge is 0.316 e.